The Labute approximate surface area is 220 Å². The first-order valence-corrected chi connectivity index (χ1v) is 12.8. The van der Waals surface area contributed by atoms with E-state index in [0.29, 0.717) is 0 Å². The van der Waals surface area contributed by atoms with Crippen LogP contribution in [0.25, 0.3) is 88.3 Å². The number of hydrogen-bond donors (Lipinski definition) is 0. The summed E-state index contributed by atoms with van der Waals surface area (Å²) in [5.41, 5.74) is 8.32. The lowest BCUT2D eigenvalue weighted by molar-refractivity contribution is 0.667. The summed E-state index contributed by atoms with van der Waals surface area (Å²) in [6.45, 7) is 0. The third-order valence-electron chi connectivity index (χ3n) is 7.60. The predicted molar refractivity (Wildman–Crippen MR) is 155 cm³/mol. The molecule has 0 radical (unpaired) electrons. The summed E-state index contributed by atoms with van der Waals surface area (Å²) in [6.07, 6.45) is 3.77. The van der Waals surface area contributed by atoms with Gasteiger partial charge in [0.25, 0.3) is 0 Å². The van der Waals surface area contributed by atoms with E-state index in [-0.39, 0.29) is 0 Å². The van der Waals surface area contributed by atoms with Gasteiger partial charge in [0.2, 0.25) is 0 Å². The Bertz CT molecular complexity index is 2240. The van der Waals surface area contributed by atoms with Gasteiger partial charge in [-0.25, -0.2) is 0 Å². The molecule has 5 heteroatoms. The zero-order valence-corrected chi connectivity index (χ0v) is 20.5. The second-order valence-electron chi connectivity index (χ2n) is 9.79. The van der Waals surface area contributed by atoms with E-state index in [4.69, 9.17) is 23.2 Å². The molecule has 0 aliphatic rings. The van der Waals surface area contributed by atoms with Gasteiger partial charge in [-0.05, 0) is 24.3 Å². The molecule has 182 valence electrons. The Hall–Kier alpha value is -5.42. The van der Waals surface area contributed by atoms with E-state index in [9.17, 15) is 0 Å². The molecule has 9 rings (SSSR count). The minimum absolute atomic E-state index is 0.785. The smallest absolute Gasteiger partial charge is 0.144 e. The molecule has 5 nitrogen and oxygen atoms in total. The molecule has 0 spiro atoms. The normalized spacial score (nSPS) is 12.1. The van der Waals surface area contributed by atoms with Crippen LogP contribution < -0.4 is 0 Å². The van der Waals surface area contributed by atoms with E-state index in [0.717, 1.165) is 88.3 Å². The van der Waals surface area contributed by atoms with Crippen LogP contribution in [-0.2, 0) is 0 Å². The Balaban J connectivity index is 1.25. The van der Waals surface area contributed by atoms with Crippen molar-refractivity contribution in [2.75, 3.05) is 0 Å². The average molecular weight is 503 g/mol. The summed E-state index contributed by atoms with van der Waals surface area (Å²) < 4.78 is 18.9. The number of fused-ring (bicyclic) bond motifs is 9. The highest BCUT2D eigenvalue weighted by atomic mass is 16.3. The van der Waals surface area contributed by atoms with Crippen molar-refractivity contribution >= 4 is 65.8 Å². The van der Waals surface area contributed by atoms with E-state index < -0.39 is 0 Å². The Kier molecular flexibility index (Phi) is 3.99. The maximum Gasteiger partial charge on any atom is 0.144 e. The fourth-order valence-electron chi connectivity index (χ4n) is 5.76. The number of hydrogen-bond acceptors (Lipinski definition) is 5. The summed E-state index contributed by atoms with van der Waals surface area (Å²) in [5, 5.41) is 6.18. The Morgan fingerprint density at radius 3 is 1.36 bits per heavy atom. The van der Waals surface area contributed by atoms with Crippen molar-refractivity contribution in [3.8, 4) is 22.5 Å². The fourth-order valence-corrected chi connectivity index (χ4v) is 5.76. The third kappa shape index (κ3) is 2.90. The number of furan rings is 3. The number of aromatic nitrogens is 2. The quantitative estimate of drug-likeness (QED) is 0.235. The molecule has 0 N–H and O–H groups in total. The number of rotatable bonds is 2. The van der Waals surface area contributed by atoms with Crippen molar-refractivity contribution < 1.29 is 13.3 Å². The molecule has 0 aliphatic carbocycles. The van der Waals surface area contributed by atoms with Crippen LogP contribution in [0.1, 0.15) is 0 Å². The fraction of sp³-hybridized carbons (Fsp3) is 0. The second-order valence-corrected chi connectivity index (χ2v) is 9.79. The van der Waals surface area contributed by atoms with Gasteiger partial charge >= 0.3 is 0 Å². The first kappa shape index (κ1) is 20.6. The van der Waals surface area contributed by atoms with Gasteiger partial charge in [0.05, 0.1) is 11.4 Å². The molecular formula is C34H18N2O3. The maximum absolute atomic E-state index is 6.62. The average Bonchev–Trinajstić information content (AvgIpc) is 3.67. The number of nitrogens with zero attached hydrogens (tertiary/aromatic N) is 2. The van der Waals surface area contributed by atoms with Gasteiger partial charge in [-0.2, -0.15) is 0 Å². The molecule has 0 atom stereocenters. The molecule has 0 amide bonds. The second kappa shape index (κ2) is 7.55. The molecule has 0 fully saturated rings. The van der Waals surface area contributed by atoms with Crippen molar-refractivity contribution in [2.24, 2.45) is 0 Å². The number of para-hydroxylation sites is 4. The van der Waals surface area contributed by atoms with E-state index >= 15 is 0 Å². The van der Waals surface area contributed by atoms with Gasteiger partial charge < -0.3 is 13.3 Å². The van der Waals surface area contributed by atoms with Gasteiger partial charge in [0.1, 0.15) is 33.5 Å². The van der Waals surface area contributed by atoms with Crippen molar-refractivity contribution in [3.05, 3.63) is 109 Å². The van der Waals surface area contributed by atoms with Gasteiger partial charge in [-0.3, -0.25) is 9.97 Å². The lowest BCUT2D eigenvalue weighted by Crippen LogP contribution is -1.83. The van der Waals surface area contributed by atoms with Gasteiger partial charge in [0, 0.05) is 68.0 Å². The van der Waals surface area contributed by atoms with E-state index in [1.807, 2.05) is 85.2 Å². The highest BCUT2D eigenvalue weighted by Gasteiger charge is 2.18. The molecular weight excluding hydrogens is 484 g/mol. The van der Waals surface area contributed by atoms with Gasteiger partial charge in [-0.15, -0.1) is 0 Å². The molecule has 0 aliphatic heterocycles. The van der Waals surface area contributed by atoms with Crippen LogP contribution in [0, 0.1) is 0 Å². The lowest BCUT2D eigenvalue weighted by Gasteiger charge is -2.02. The van der Waals surface area contributed by atoms with Crippen molar-refractivity contribution in [1.82, 2.24) is 9.97 Å². The molecule has 39 heavy (non-hydrogen) atoms. The summed E-state index contributed by atoms with van der Waals surface area (Å²) >= 11 is 0. The zero-order chi connectivity index (χ0) is 25.5. The maximum atomic E-state index is 6.62. The first-order valence-electron chi connectivity index (χ1n) is 12.8. The standard InChI is InChI=1S/C34H18N2O3/c1-3-13-29-19(7-1)25-17-35-27(15-31(25)37-29)23-11-5-9-21-22-10-6-12-24(34(22)39-33(21)23)28-16-32-26(18-36-28)20-8-2-4-14-30(20)38-32/h1-18H. The van der Waals surface area contributed by atoms with Crippen LogP contribution in [0.4, 0.5) is 0 Å². The van der Waals surface area contributed by atoms with Crippen LogP contribution in [0.3, 0.4) is 0 Å². The molecule has 0 saturated carbocycles. The van der Waals surface area contributed by atoms with Crippen molar-refractivity contribution in [3.63, 3.8) is 0 Å². The topological polar surface area (TPSA) is 65.2 Å². The molecule has 0 bridgehead atoms. The SMILES string of the molecule is c1ccc2c(c1)oc1cc(-c3cccc4c3oc3c(-c5cc6oc7ccccc7c6cn5)cccc34)ncc12. The highest BCUT2D eigenvalue weighted by molar-refractivity contribution is 6.14. The molecule has 0 unspecified atom stereocenters. The van der Waals surface area contributed by atoms with E-state index in [1.165, 1.54) is 0 Å². The molecule has 5 heterocycles. The minimum Gasteiger partial charge on any atom is -0.456 e. The summed E-state index contributed by atoms with van der Waals surface area (Å²) in [4.78, 5) is 9.62. The third-order valence-corrected chi connectivity index (χ3v) is 7.60. The van der Waals surface area contributed by atoms with E-state index in [2.05, 4.69) is 24.3 Å². The highest BCUT2D eigenvalue weighted by Crippen LogP contribution is 2.41. The lowest BCUT2D eigenvalue weighted by atomic mass is 10.0. The molecule has 4 aromatic carbocycles. The monoisotopic (exact) mass is 502 g/mol. The molecule has 9 aromatic rings. The Morgan fingerprint density at radius 1 is 0.385 bits per heavy atom. The number of benzene rings is 4. The van der Waals surface area contributed by atoms with Gasteiger partial charge in [0.15, 0.2) is 0 Å². The van der Waals surface area contributed by atoms with Gasteiger partial charge in [-0.1, -0.05) is 60.7 Å². The predicted octanol–water partition coefficient (Wildman–Crippen LogP) is 9.51. The van der Waals surface area contributed by atoms with Crippen LogP contribution in [0.15, 0.2) is 123 Å². The van der Waals surface area contributed by atoms with Crippen LogP contribution in [-0.4, -0.2) is 9.97 Å². The van der Waals surface area contributed by atoms with Crippen molar-refractivity contribution in [1.29, 1.82) is 0 Å². The van der Waals surface area contributed by atoms with E-state index in [1.54, 1.807) is 0 Å². The summed E-state index contributed by atoms with van der Waals surface area (Å²) in [7, 11) is 0. The van der Waals surface area contributed by atoms with Crippen LogP contribution >= 0.6 is 0 Å². The van der Waals surface area contributed by atoms with Crippen LogP contribution in [0.2, 0.25) is 0 Å². The molecule has 0 saturated heterocycles. The summed E-state index contributed by atoms with van der Waals surface area (Å²) in [5.74, 6) is 0. The minimum atomic E-state index is 0.785. The van der Waals surface area contributed by atoms with Crippen LogP contribution in [0.5, 0.6) is 0 Å². The molecule has 5 aromatic heterocycles. The zero-order valence-electron chi connectivity index (χ0n) is 20.5. The number of pyridine rings is 2. The Morgan fingerprint density at radius 2 is 0.846 bits per heavy atom. The first-order chi connectivity index (χ1) is 19.3. The summed E-state index contributed by atoms with van der Waals surface area (Å²) in [6, 6.07) is 32.4. The largest absolute Gasteiger partial charge is 0.456 e. The van der Waals surface area contributed by atoms with Crippen molar-refractivity contribution in [2.45, 2.75) is 0 Å².